The second-order valence-corrected chi connectivity index (χ2v) is 6.35. The summed E-state index contributed by atoms with van der Waals surface area (Å²) in [6.45, 7) is 3.45. The fraction of sp³-hybridized carbons (Fsp3) is 0.211. The monoisotopic (exact) mass is 374 g/mol. The van der Waals surface area contributed by atoms with E-state index >= 15 is 0 Å². The number of nitrogens with zero attached hydrogens (tertiary/aromatic N) is 3. The molecule has 0 radical (unpaired) electrons. The zero-order valence-electron chi connectivity index (χ0n) is 15.2. The van der Waals surface area contributed by atoms with Gasteiger partial charge in [-0.2, -0.15) is 0 Å². The van der Waals surface area contributed by atoms with Gasteiger partial charge in [0, 0.05) is 25.8 Å². The molecule has 0 aliphatic heterocycles. The highest BCUT2D eigenvalue weighted by molar-refractivity contribution is 6.11. The number of hydrogen-bond acceptors (Lipinski definition) is 4. The Morgan fingerprint density at radius 1 is 0.963 bits per heavy atom. The van der Waals surface area contributed by atoms with Crippen LogP contribution in [0, 0.1) is 31.3 Å². The Balaban J connectivity index is 2.03. The van der Waals surface area contributed by atoms with E-state index in [0.29, 0.717) is 11.4 Å². The standard InChI is InChI=1S/C19H17F3N4O/c1-9-10(2)24-17-13(5-11(20)6-16(17)23-9)19(27)25-12-7-14(21)18(26(3)4)15(22)8-12/h5-8H,1-4H3,(H,25,27). The second kappa shape index (κ2) is 6.86. The number of aromatic nitrogens is 2. The Bertz CT molecular complexity index is 1040. The molecule has 27 heavy (non-hydrogen) atoms. The maximum atomic E-state index is 14.1. The van der Waals surface area contributed by atoms with Crippen LogP contribution in [-0.2, 0) is 0 Å². The van der Waals surface area contributed by atoms with Crippen molar-refractivity contribution in [3.05, 3.63) is 58.7 Å². The third-order valence-corrected chi connectivity index (χ3v) is 4.11. The van der Waals surface area contributed by atoms with Gasteiger partial charge >= 0.3 is 0 Å². The quantitative estimate of drug-likeness (QED) is 0.753. The second-order valence-electron chi connectivity index (χ2n) is 6.35. The van der Waals surface area contributed by atoms with Crippen LogP contribution >= 0.6 is 0 Å². The van der Waals surface area contributed by atoms with E-state index in [4.69, 9.17) is 0 Å². The Morgan fingerprint density at radius 2 is 1.56 bits per heavy atom. The number of nitrogens with one attached hydrogen (secondary N) is 1. The molecule has 3 aromatic rings. The lowest BCUT2D eigenvalue weighted by molar-refractivity contribution is 0.102. The Hall–Kier alpha value is -3.16. The smallest absolute Gasteiger partial charge is 0.258 e. The normalized spacial score (nSPS) is 10.9. The molecule has 3 rings (SSSR count). The van der Waals surface area contributed by atoms with E-state index in [9.17, 15) is 18.0 Å². The maximum Gasteiger partial charge on any atom is 0.258 e. The average molecular weight is 374 g/mol. The molecular formula is C19H17F3N4O. The van der Waals surface area contributed by atoms with Gasteiger partial charge in [-0.1, -0.05) is 0 Å². The topological polar surface area (TPSA) is 58.1 Å². The molecule has 1 aromatic heterocycles. The van der Waals surface area contributed by atoms with Crippen molar-refractivity contribution in [2.75, 3.05) is 24.3 Å². The minimum atomic E-state index is -0.828. The Morgan fingerprint density at radius 3 is 2.15 bits per heavy atom. The summed E-state index contributed by atoms with van der Waals surface area (Å²) in [6.07, 6.45) is 0. The molecule has 0 spiro atoms. The molecule has 0 unspecified atom stereocenters. The van der Waals surface area contributed by atoms with Crippen molar-refractivity contribution in [3.63, 3.8) is 0 Å². The summed E-state index contributed by atoms with van der Waals surface area (Å²) in [4.78, 5) is 22.4. The van der Waals surface area contributed by atoms with E-state index < -0.39 is 23.4 Å². The first-order valence-corrected chi connectivity index (χ1v) is 8.09. The summed E-state index contributed by atoms with van der Waals surface area (Å²) in [7, 11) is 3.00. The molecule has 0 fully saturated rings. The Kier molecular flexibility index (Phi) is 4.73. The van der Waals surface area contributed by atoms with E-state index in [1.807, 2.05) is 0 Å². The van der Waals surface area contributed by atoms with Crippen LogP contribution in [0.4, 0.5) is 24.5 Å². The minimum absolute atomic E-state index is 0.0712. The number of benzene rings is 2. The van der Waals surface area contributed by atoms with Crippen molar-refractivity contribution < 1.29 is 18.0 Å². The average Bonchev–Trinajstić information content (AvgIpc) is 2.54. The Labute approximate surface area is 153 Å². The lowest BCUT2D eigenvalue weighted by Crippen LogP contribution is -2.16. The number of anilines is 2. The highest BCUT2D eigenvalue weighted by Gasteiger charge is 2.18. The maximum absolute atomic E-state index is 14.1. The van der Waals surface area contributed by atoms with Crippen LogP contribution in [0.25, 0.3) is 11.0 Å². The van der Waals surface area contributed by atoms with E-state index in [1.54, 1.807) is 13.8 Å². The molecule has 1 amide bonds. The highest BCUT2D eigenvalue weighted by atomic mass is 19.1. The van der Waals surface area contributed by atoms with Gasteiger partial charge in [-0.05, 0) is 32.0 Å². The first-order valence-electron chi connectivity index (χ1n) is 8.09. The van der Waals surface area contributed by atoms with Gasteiger partial charge in [-0.3, -0.25) is 4.79 Å². The molecular weight excluding hydrogens is 357 g/mol. The largest absolute Gasteiger partial charge is 0.373 e. The van der Waals surface area contributed by atoms with Crippen LogP contribution in [0.2, 0.25) is 0 Å². The number of amides is 1. The van der Waals surface area contributed by atoms with Gasteiger partial charge in [-0.25, -0.2) is 23.1 Å². The molecule has 0 bridgehead atoms. The van der Waals surface area contributed by atoms with E-state index in [1.165, 1.54) is 25.1 Å². The van der Waals surface area contributed by atoms with Crippen LogP contribution in [-0.4, -0.2) is 30.0 Å². The lowest BCUT2D eigenvalue weighted by atomic mass is 10.1. The van der Waals surface area contributed by atoms with Crippen LogP contribution < -0.4 is 10.2 Å². The van der Waals surface area contributed by atoms with Gasteiger partial charge in [-0.15, -0.1) is 0 Å². The highest BCUT2D eigenvalue weighted by Crippen LogP contribution is 2.26. The predicted octanol–water partition coefficient (Wildman–Crippen LogP) is 3.98. The van der Waals surface area contributed by atoms with Gasteiger partial charge in [0.1, 0.15) is 17.0 Å². The van der Waals surface area contributed by atoms with Crippen molar-refractivity contribution >= 4 is 28.3 Å². The molecule has 2 aromatic carbocycles. The third kappa shape index (κ3) is 3.55. The fourth-order valence-corrected chi connectivity index (χ4v) is 2.73. The first kappa shape index (κ1) is 18.6. The van der Waals surface area contributed by atoms with Crippen molar-refractivity contribution in [1.82, 2.24) is 9.97 Å². The molecule has 0 saturated heterocycles. The summed E-state index contributed by atoms with van der Waals surface area (Å²) in [6, 6.07) is 4.19. The van der Waals surface area contributed by atoms with Crippen molar-refractivity contribution in [2.45, 2.75) is 13.8 Å². The number of rotatable bonds is 3. The molecule has 5 nitrogen and oxygen atoms in total. The van der Waals surface area contributed by atoms with Gasteiger partial charge < -0.3 is 10.2 Å². The van der Waals surface area contributed by atoms with Gasteiger partial charge in [0.05, 0.1) is 22.5 Å². The number of carbonyl (C=O) groups is 1. The molecule has 0 saturated carbocycles. The zero-order valence-corrected chi connectivity index (χ0v) is 15.2. The summed E-state index contributed by atoms with van der Waals surface area (Å²) in [5.41, 5.74) is 1.26. The van der Waals surface area contributed by atoms with Crippen molar-refractivity contribution in [1.29, 1.82) is 0 Å². The molecule has 0 atom stereocenters. The fourth-order valence-electron chi connectivity index (χ4n) is 2.73. The van der Waals surface area contributed by atoms with Crippen LogP contribution in [0.1, 0.15) is 21.7 Å². The van der Waals surface area contributed by atoms with Crippen molar-refractivity contribution in [3.8, 4) is 0 Å². The predicted molar refractivity (Wildman–Crippen MR) is 97.6 cm³/mol. The van der Waals surface area contributed by atoms with Crippen LogP contribution in [0.3, 0.4) is 0 Å². The van der Waals surface area contributed by atoms with Crippen LogP contribution in [0.15, 0.2) is 24.3 Å². The zero-order chi connectivity index (χ0) is 19.9. The van der Waals surface area contributed by atoms with Gasteiger partial charge in [0.25, 0.3) is 5.91 Å². The molecule has 0 aliphatic carbocycles. The summed E-state index contributed by atoms with van der Waals surface area (Å²) in [5.74, 6) is -3.06. The number of halogens is 3. The molecule has 1 heterocycles. The van der Waals surface area contributed by atoms with Gasteiger partial charge in [0.15, 0.2) is 11.6 Å². The summed E-state index contributed by atoms with van der Waals surface area (Å²) in [5, 5.41) is 2.39. The van der Waals surface area contributed by atoms with Gasteiger partial charge in [0.2, 0.25) is 0 Å². The third-order valence-electron chi connectivity index (χ3n) is 4.11. The van der Waals surface area contributed by atoms with E-state index in [2.05, 4.69) is 15.3 Å². The SMILES string of the molecule is Cc1nc2cc(F)cc(C(=O)Nc3cc(F)c(N(C)C)c(F)c3)c2nc1C. The molecule has 1 N–H and O–H groups in total. The van der Waals surface area contributed by atoms with Crippen LogP contribution in [0.5, 0.6) is 0 Å². The summed E-state index contributed by atoms with van der Waals surface area (Å²) < 4.78 is 42.2. The lowest BCUT2D eigenvalue weighted by Gasteiger charge is -2.16. The number of aryl methyl sites for hydroxylation is 2. The number of carbonyl (C=O) groups excluding carboxylic acids is 1. The number of fused-ring (bicyclic) bond motifs is 1. The van der Waals surface area contributed by atoms with E-state index in [-0.39, 0.29) is 28.0 Å². The molecule has 8 heteroatoms. The molecule has 140 valence electrons. The van der Waals surface area contributed by atoms with Crippen molar-refractivity contribution in [2.24, 2.45) is 0 Å². The van der Waals surface area contributed by atoms with E-state index in [0.717, 1.165) is 18.2 Å². The summed E-state index contributed by atoms with van der Waals surface area (Å²) >= 11 is 0. The number of hydrogen-bond donors (Lipinski definition) is 1. The molecule has 0 aliphatic rings. The first-order chi connectivity index (χ1) is 12.7. The minimum Gasteiger partial charge on any atom is -0.373 e.